The van der Waals surface area contributed by atoms with Crippen molar-refractivity contribution in [3.05, 3.63) is 50.7 Å². The molecule has 0 atom stereocenters. The van der Waals surface area contributed by atoms with Crippen LogP contribution in [0.15, 0.2) is 30.3 Å². The van der Waals surface area contributed by atoms with Crippen LogP contribution in [0.4, 0.5) is 5.69 Å². The molecule has 0 saturated heterocycles. The second kappa shape index (κ2) is 6.08. The maximum absolute atomic E-state index is 12.1. The van der Waals surface area contributed by atoms with Crippen molar-refractivity contribution in [1.82, 2.24) is 5.32 Å². The third kappa shape index (κ3) is 3.28. The van der Waals surface area contributed by atoms with Gasteiger partial charge in [0, 0.05) is 15.4 Å². The molecular weight excluding hydrogens is 280 g/mol. The number of aryl methyl sites for hydroxylation is 1. The molecule has 5 heteroatoms. The molecule has 1 heterocycles. The standard InChI is InChI=1S/C14H15ClN2OS/c1-2-9-6-7-10(19-9)8-17-14(18)13-11(15)4-3-5-12(13)16/h3-7H,2,8,16H2,1H3,(H,17,18). The fraction of sp³-hybridized carbons (Fsp3) is 0.214. The monoisotopic (exact) mass is 294 g/mol. The van der Waals surface area contributed by atoms with Gasteiger partial charge in [0.1, 0.15) is 0 Å². The summed E-state index contributed by atoms with van der Waals surface area (Å²) in [5, 5.41) is 3.21. The Morgan fingerprint density at radius 1 is 1.32 bits per heavy atom. The van der Waals surface area contributed by atoms with E-state index in [9.17, 15) is 4.79 Å². The number of thiophene rings is 1. The van der Waals surface area contributed by atoms with Crippen molar-refractivity contribution in [2.75, 3.05) is 5.73 Å². The Morgan fingerprint density at radius 3 is 2.68 bits per heavy atom. The second-order valence-electron chi connectivity index (χ2n) is 4.11. The lowest BCUT2D eigenvalue weighted by atomic mass is 10.1. The maximum atomic E-state index is 12.1. The number of nitrogens with two attached hydrogens (primary N) is 1. The zero-order valence-corrected chi connectivity index (χ0v) is 12.1. The van der Waals surface area contributed by atoms with E-state index in [-0.39, 0.29) is 5.91 Å². The molecule has 1 amide bonds. The molecule has 3 N–H and O–H groups in total. The number of hydrogen-bond acceptors (Lipinski definition) is 3. The Bertz CT molecular complexity index is 575. The van der Waals surface area contributed by atoms with E-state index in [2.05, 4.69) is 18.3 Å². The molecule has 0 aliphatic carbocycles. The molecular formula is C14H15ClN2OS. The summed E-state index contributed by atoms with van der Waals surface area (Å²) in [5.74, 6) is -0.241. The van der Waals surface area contributed by atoms with Gasteiger partial charge in [0.25, 0.3) is 5.91 Å². The molecule has 19 heavy (non-hydrogen) atoms. The molecule has 100 valence electrons. The molecule has 0 bridgehead atoms. The Kier molecular flexibility index (Phi) is 4.45. The molecule has 0 fully saturated rings. The average molecular weight is 295 g/mol. The van der Waals surface area contributed by atoms with Gasteiger partial charge in [0.05, 0.1) is 17.1 Å². The summed E-state index contributed by atoms with van der Waals surface area (Å²) in [5.41, 5.74) is 6.51. The van der Waals surface area contributed by atoms with Crippen molar-refractivity contribution >= 4 is 34.5 Å². The van der Waals surface area contributed by atoms with Gasteiger partial charge in [-0.25, -0.2) is 0 Å². The Hall–Kier alpha value is -1.52. The molecule has 2 rings (SSSR count). The molecule has 1 aromatic carbocycles. The van der Waals surface area contributed by atoms with Crippen molar-refractivity contribution in [3.63, 3.8) is 0 Å². The highest BCUT2D eigenvalue weighted by Gasteiger charge is 2.13. The van der Waals surface area contributed by atoms with Gasteiger partial charge >= 0.3 is 0 Å². The first-order chi connectivity index (χ1) is 9.11. The number of anilines is 1. The van der Waals surface area contributed by atoms with Crippen LogP contribution in [0.1, 0.15) is 27.0 Å². The molecule has 0 aliphatic rings. The van der Waals surface area contributed by atoms with Crippen LogP contribution in [0, 0.1) is 0 Å². The number of carbonyl (C=O) groups is 1. The number of rotatable bonds is 4. The van der Waals surface area contributed by atoms with Crippen LogP contribution in [0.3, 0.4) is 0 Å². The van der Waals surface area contributed by atoms with Crippen LogP contribution < -0.4 is 11.1 Å². The van der Waals surface area contributed by atoms with E-state index < -0.39 is 0 Å². The number of nitrogens with one attached hydrogen (secondary N) is 1. The van der Waals surface area contributed by atoms with Crippen molar-refractivity contribution in [3.8, 4) is 0 Å². The van der Waals surface area contributed by atoms with E-state index in [0.29, 0.717) is 22.8 Å². The van der Waals surface area contributed by atoms with Gasteiger partial charge < -0.3 is 11.1 Å². The first-order valence-corrected chi connectivity index (χ1v) is 7.21. The number of carbonyl (C=O) groups excluding carboxylic acids is 1. The highest BCUT2D eigenvalue weighted by molar-refractivity contribution is 7.11. The van der Waals surface area contributed by atoms with Gasteiger partial charge in [-0.1, -0.05) is 24.6 Å². The van der Waals surface area contributed by atoms with Crippen LogP contribution in [0.5, 0.6) is 0 Å². The number of amides is 1. The average Bonchev–Trinajstić information content (AvgIpc) is 2.84. The number of benzene rings is 1. The highest BCUT2D eigenvalue weighted by Crippen LogP contribution is 2.22. The molecule has 0 radical (unpaired) electrons. The summed E-state index contributed by atoms with van der Waals surface area (Å²) in [6, 6.07) is 9.16. The fourth-order valence-corrected chi connectivity index (χ4v) is 2.91. The quantitative estimate of drug-likeness (QED) is 0.848. The third-order valence-electron chi connectivity index (χ3n) is 2.76. The molecule has 3 nitrogen and oxygen atoms in total. The van der Waals surface area contributed by atoms with Gasteiger partial charge in [-0.05, 0) is 30.7 Å². The van der Waals surface area contributed by atoms with Gasteiger partial charge in [-0.15, -0.1) is 11.3 Å². The summed E-state index contributed by atoms with van der Waals surface area (Å²) in [7, 11) is 0. The summed E-state index contributed by atoms with van der Waals surface area (Å²) in [4.78, 5) is 14.5. The van der Waals surface area contributed by atoms with Gasteiger partial charge in [0.2, 0.25) is 0 Å². The summed E-state index contributed by atoms with van der Waals surface area (Å²) >= 11 is 7.69. The van der Waals surface area contributed by atoms with E-state index in [1.807, 2.05) is 6.07 Å². The Balaban J connectivity index is 2.05. The number of nitrogen functional groups attached to an aromatic ring is 1. The van der Waals surface area contributed by atoms with E-state index in [1.165, 1.54) is 4.88 Å². The van der Waals surface area contributed by atoms with Crippen molar-refractivity contribution in [2.24, 2.45) is 0 Å². The smallest absolute Gasteiger partial charge is 0.255 e. The van der Waals surface area contributed by atoms with Gasteiger partial charge in [-0.2, -0.15) is 0 Å². The van der Waals surface area contributed by atoms with E-state index in [4.69, 9.17) is 17.3 Å². The SMILES string of the molecule is CCc1ccc(CNC(=O)c2c(N)cccc2Cl)s1. The lowest BCUT2D eigenvalue weighted by Crippen LogP contribution is -2.23. The molecule has 0 spiro atoms. The number of halogens is 1. The largest absolute Gasteiger partial charge is 0.398 e. The molecule has 0 unspecified atom stereocenters. The topological polar surface area (TPSA) is 55.1 Å². The molecule has 1 aromatic heterocycles. The Labute approximate surface area is 121 Å². The van der Waals surface area contributed by atoms with Crippen LogP contribution in [0.25, 0.3) is 0 Å². The van der Waals surface area contributed by atoms with Crippen LogP contribution in [-0.2, 0) is 13.0 Å². The Morgan fingerprint density at radius 2 is 2.05 bits per heavy atom. The first kappa shape index (κ1) is 13.9. The lowest BCUT2D eigenvalue weighted by molar-refractivity contribution is 0.0952. The lowest BCUT2D eigenvalue weighted by Gasteiger charge is -2.08. The number of hydrogen-bond donors (Lipinski definition) is 2. The van der Waals surface area contributed by atoms with Gasteiger partial charge in [0.15, 0.2) is 0 Å². The van der Waals surface area contributed by atoms with Crippen molar-refractivity contribution in [1.29, 1.82) is 0 Å². The van der Waals surface area contributed by atoms with Crippen LogP contribution >= 0.6 is 22.9 Å². The minimum atomic E-state index is -0.241. The molecule has 2 aromatic rings. The third-order valence-corrected chi connectivity index (χ3v) is 4.31. The second-order valence-corrected chi connectivity index (χ2v) is 5.77. The van der Waals surface area contributed by atoms with Gasteiger partial charge in [-0.3, -0.25) is 4.79 Å². The molecule has 0 saturated carbocycles. The molecule has 0 aliphatic heterocycles. The maximum Gasteiger partial charge on any atom is 0.255 e. The predicted molar refractivity (Wildman–Crippen MR) is 80.7 cm³/mol. The van der Waals surface area contributed by atoms with E-state index in [0.717, 1.165) is 11.3 Å². The van der Waals surface area contributed by atoms with E-state index >= 15 is 0 Å². The van der Waals surface area contributed by atoms with Crippen LogP contribution in [-0.4, -0.2) is 5.91 Å². The van der Waals surface area contributed by atoms with E-state index in [1.54, 1.807) is 29.5 Å². The summed E-state index contributed by atoms with van der Waals surface area (Å²) < 4.78 is 0. The first-order valence-electron chi connectivity index (χ1n) is 6.01. The minimum Gasteiger partial charge on any atom is -0.398 e. The predicted octanol–water partition coefficient (Wildman–Crippen LogP) is 3.48. The normalized spacial score (nSPS) is 10.4. The summed E-state index contributed by atoms with van der Waals surface area (Å²) in [6.07, 6.45) is 1.01. The van der Waals surface area contributed by atoms with Crippen molar-refractivity contribution in [2.45, 2.75) is 19.9 Å². The zero-order valence-electron chi connectivity index (χ0n) is 10.6. The highest BCUT2D eigenvalue weighted by atomic mass is 35.5. The van der Waals surface area contributed by atoms with Crippen LogP contribution in [0.2, 0.25) is 5.02 Å². The van der Waals surface area contributed by atoms with Crippen molar-refractivity contribution < 1.29 is 4.79 Å². The minimum absolute atomic E-state index is 0.241. The zero-order chi connectivity index (χ0) is 13.8. The summed E-state index contributed by atoms with van der Waals surface area (Å²) in [6.45, 7) is 2.60. The fourth-order valence-electron chi connectivity index (χ4n) is 1.74.